The molecule has 3 aromatic carbocycles. The molecule has 0 fully saturated rings. The fourth-order valence-electron chi connectivity index (χ4n) is 2.93. The minimum Gasteiger partial charge on any atom is -0.493 e. The van der Waals surface area contributed by atoms with Crippen molar-refractivity contribution in [2.24, 2.45) is 0 Å². The van der Waals surface area contributed by atoms with Crippen LogP contribution in [-0.2, 0) is 16.1 Å². The standard InChI is InChI=1S/C25H24ClNO6/c1-16-12-20(32-15-24(28)31-3)9-10-21(16)27-25(29)18-6-11-22(23(13-18)30-2)33-14-17-4-7-19(26)8-5-17/h4-13H,14-15H2,1-3H3,(H,27,29). The van der Waals surface area contributed by atoms with Gasteiger partial charge in [0.15, 0.2) is 18.1 Å². The average molecular weight is 470 g/mol. The van der Waals surface area contributed by atoms with E-state index in [0.29, 0.717) is 40.1 Å². The van der Waals surface area contributed by atoms with Crippen LogP contribution in [0.3, 0.4) is 0 Å². The Hall–Kier alpha value is -3.71. The van der Waals surface area contributed by atoms with E-state index < -0.39 is 5.97 Å². The van der Waals surface area contributed by atoms with Gasteiger partial charge in [0.05, 0.1) is 14.2 Å². The van der Waals surface area contributed by atoms with Crippen LogP contribution in [0.4, 0.5) is 5.69 Å². The minimum atomic E-state index is -0.473. The van der Waals surface area contributed by atoms with Crippen molar-refractivity contribution < 1.29 is 28.5 Å². The molecule has 0 atom stereocenters. The molecule has 3 aromatic rings. The molecule has 1 N–H and O–H groups in total. The Morgan fingerprint density at radius 3 is 2.33 bits per heavy atom. The van der Waals surface area contributed by atoms with E-state index in [1.165, 1.54) is 14.2 Å². The van der Waals surface area contributed by atoms with Crippen molar-refractivity contribution >= 4 is 29.2 Å². The lowest BCUT2D eigenvalue weighted by atomic mass is 10.1. The van der Waals surface area contributed by atoms with Crippen LogP contribution >= 0.6 is 11.6 Å². The molecule has 0 aromatic heterocycles. The summed E-state index contributed by atoms with van der Waals surface area (Å²) >= 11 is 5.91. The third-order valence-corrected chi connectivity index (χ3v) is 5.02. The van der Waals surface area contributed by atoms with E-state index in [1.807, 2.05) is 19.1 Å². The van der Waals surface area contributed by atoms with Gasteiger partial charge in [0, 0.05) is 16.3 Å². The van der Waals surface area contributed by atoms with Crippen LogP contribution in [0.15, 0.2) is 60.7 Å². The minimum absolute atomic E-state index is 0.187. The van der Waals surface area contributed by atoms with Crippen LogP contribution in [0.25, 0.3) is 0 Å². The molecule has 0 saturated carbocycles. The van der Waals surface area contributed by atoms with Gasteiger partial charge in [-0.05, 0) is 66.6 Å². The first-order valence-corrected chi connectivity index (χ1v) is 10.4. The molecular weight excluding hydrogens is 446 g/mol. The predicted octanol–water partition coefficient (Wildman–Crippen LogP) is 5.04. The number of methoxy groups -OCH3 is 2. The summed E-state index contributed by atoms with van der Waals surface area (Å²) in [4.78, 5) is 24.0. The topological polar surface area (TPSA) is 83.1 Å². The average Bonchev–Trinajstić information content (AvgIpc) is 2.83. The lowest BCUT2D eigenvalue weighted by Gasteiger charge is -2.14. The highest BCUT2D eigenvalue weighted by Crippen LogP contribution is 2.30. The van der Waals surface area contributed by atoms with Crippen molar-refractivity contribution in [2.45, 2.75) is 13.5 Å². The summed E-state index contributed by atoms with van der Waals surface area (Å²) in [5, 5.41) is 3.53. The molecule has 0 saturated heterocycles. The Morgan fingerprint density at radius 1 is 0.909 bits per heavy atom. The molecule has 0 aliphatic rings. The fourth-order valence-corrected chi connectivity index (χ4v) is 3.06. The number of benzene rings is 3. The second kappa shape index (κ2) is 11.2. The number of anilines is 1. The second-order valence-corrected chi connectivity index (χ2v) is 7.51. The maximum absolute atomic E-state index is 12.8. The zero-order chi connectivity index (χ0) is 23.8. The van der Waals surface area contributed by atoms with E-state index in [-0.39, 0.29) is 12.5 Å². The highest BCUT2D eigenvalue weighted by Gasteiger charge is 2.13. The van der Waals surface area contributed by atoms with Gasteiger partial charge in [-0.25, -0.2) is 4.79 Å². The molecule has 0 radical (unpaired) electrons. The highest BCUT2D eigenvalue weighted by molar-refractivity contribution is 6.30. The smallest absolute Gasteiger partial charge is 0.343 e. The first-order valence-electron chi connectivity index (χ1n) is 10.1. The van der Waals surface area contributed by atoms with E-state index in [1.54, 1.807) is 48.5 Å². The molecule has 0 unspecified atom stereocenters. The summed E-state index contributed by atoms with van der Waals surface area (Å²) in [7, 11) is 2.81. The number of esters is 1. The normalized spacial score (nSPS) is 10.3. The maximum Gasteiger partial charge on any atom is 0.343 e. The molecular formula is C25H24ClNO6. The van der Waals surface area contributed by atoms with Gasteiger partial charge in [-0.3, -0.25) is 4.79 Å². The molecule has 0 aliphatic carbocycles. The SMILES string of the molecule is COC(=O)COc1ccc(NC(=O)c2ccc(OCc3ccc(Cl)cc3)c(OC)c2)c(C)c1. The van der Waals surface area contributed by atoms with Gasteiger partial charge in [0.1, 0.15) is 12.4 Å². The molecule has 0 bridgehead atoms. The van der Waals surface area contributed by atoms with Crippen LogP contribution in [-0.4, -0.2) is 32.7 Å². The van der Waals surface area contributed by atoms with Crippen molar-refractivity contribution in [1.29, 1.82) is 0 Å². The Kier molecular flexibility index (Phi) is 8.16. The van der Waals surface area contributed by atoms with Crippen LogP contribution in [0, 0.1) is 6.92 Å². The number of hydrogen-bond acceptors (Lipinski definition) is 6. The fraction of sp³-hybridized carbons (Fsp3) is 0.200. The zero-order valence-electron chi connectivity index (χ0n) is 18.5. The van der Waals surface area contributed by atoms with Gasteiger partial charge in [0.25, 0.3) is 5.91 Å². The van der Waals surface area contributed by atoms with Gasteiger partial charge >= 0.3 is 5.97 Å². The van der Waals surface area contributed by atoms with Gasteiger partial charge < -0.3 is 24.3 Å². The molecule has 1 amide bonds. The number of carbonyl (C=O) groups is 2. The Bertz CT molecular complexity index is 1130. The van der Waals surface area contributed by atoms with Crippen molar-refractivity contribution in [3.8, 4) is 17.2 Å². The number of rotatable bonds is 9. The molecule has 0 heterocycles. The molecule has 0 spiro atoms. The molecule has 172 valence electrons. The van der Waals surface area contributed by atoms with Crippen LogP contribution < -0.4 is 19.5 Å². The molecule has 7 nitrogen and oxygen atoms in total. The van der Waals surface area contributed by atoms with Crippen LogP contribution in [0.1, 0.15) is 21.5 Å². The number of aryl methyl sites for hydroxylation is 1. The number of carbonyl (C=O) groups excluding carboxylic acids is 2. The van der Waals surface area contributed by atoms with E-state index >= 15 is 0 Å². The van der Waals surface area contributed by atoms with E-state index in [4.69, 9.17) is 25.8 Å². The number of ether oxygens (including phenoxy) is 4. The van der Waals surface area contributed by atoms with Crippen molar-refractivity contribution in [2.75, 3.05) is 26.1 Å². The van der Waals surface area contributed by atoms with Crippen LogP contribution in [0.5, 0.6) is 17.2 Å². The number of amides is 1. The third kappa shape index (κ3) is 6.63. The molecule has 3 rings (SSSR count). The number of halogens is 1. The first kappa shape index (κ1) is 23.9. The van der Waals surface area contributed by atoms with Gasteiger partial charge in [-0.1, -0.05) is 23.7 Å². The quantitative estimate of drug-likeness (QED) is 0.442. The summed E-state index contributed by atoms with van der Waals surface area (Å²) in [5.74, 6) is 0.690. The molecule has 8 heteroatoms. The molecule has 0 aliphatic heterocycles. The Labute approximate surface area is 197 Å². The monoisotopic (exact) mass is 469 g/mol. The second-order valence-electron chi connectivity index (χ2n) is 7.08. The first-order chi connectivity index (χ1) is 15.9. The summed E-state index contributed by atoms with van der Waals surface area (Å²) in [6, 6.07) is 17.4. The number of nitrogens with one attached hydrogen (secondary N) is 1. The van der Waals surface area contributed by atoms with E-state index in [0.717, 1.165) is 11.1 Å². The largest absolute Gasteiger partial charge is 0.493 e. The van der Waals surface area contributed by atoms with Gasteiger partial charge in [0.2, 0.25) is 0 Å². The van der Waals surface area contributed by atoms with Gasteiger partial charge in [-0.2, -0.15) is 0 Å². The van der Waals surface area contributed by atoms with Gasteiger partial charge in [-0.15, -0.1) is 0 Å². The predicted molar refractivity (Wildman–Crippen MR) is 125 cm³/mol. The highest BCUT2D eigenvalue weighted by atomic mass is 35.5. The Morgan fingerprint density at radius 2 is 1.67 bits per heavy atom. The summed E-state index contributed by atoms with van der Waals surface area (Å²) in [6.45, 7) is 1.98. The van der Waals surface area contributed by atoms with Crippen LogP contribution in [0.2, 0.25) is 5.02 Å². The third-order valence-electron chi connectivity index (χ3n) is 4.76. The maximum atomic E-state index is 12.8. The van der Waals surface area contributed by atoms with Crippen molar-refractivity contribution in [3.05, 3.63) is 82.4 Å². The van der Waals surface area contributed by atoms with E-state index in [2.05, 4.69) is 10.1 Å². The van der Waals surface area contributed by atoms with Crippen molar-refractivity contribution in [1.82, 2.24) is 0 Å². The summed E-state index contributed by atoms with van der Waals surface area (Å²) in [5.41, 5.74) is 2.77. The lowest BCUT2D eigenvalue weighted by molar-refractivity contribution is -0.142. The summed E-state index contributed by atoms with van der Waals surface area (Å²) < 4.78 is 21.2. The Balaban J connectivity index is 1.66. The summed E-state index contributed by atoms with van der Waals surface area (Å²) in [6.07, 6.45) is 0. The number of hydrogen-bond donors (Lipinski definition) is 1. The molecule has 33 heavy (non-hydrogen) atoms. The zero-order valence-corrected chi connectivity index (χ0v) is 19.3. The van der Waals surface area contributed by atoms with E-state index in [9.17, 15) is 9.59 Å². The lowest BCUT2D eigenvalue weighted by Crippen LogP contribution is -2.14. The van der Waals surface area contributed by atoms with Crippen molar-refractivity contribution in [3.63, 3.8) is 0 Å².